The van der Waals surface area contributed by atoms with Crippen LogP contribution in [-0.4, -0.2) is 45.8 Å². The van der Waals surface area contributed by atoms with Gasteiger partial charge in [-0.15, -0.1) is 0 Å². The van der Waals surface area contributed by atoms with E-state index in [1.807, 2.05) is 36.1 Å². The van der Waals surface area contributed by atoms with E-state index < -0.39 is 0 Å². The third-order valence-electron chi connectivity index (χ3n) is 4.18. The van der Waals surface area contributed by atoms with Crippen molar-refractivity contribution in [3.63, 3.8) is 0 Å². The van der Waals surface area contributed by atoms with Gasteiger partial charge in [-0.3, -0.25) is 14.6 Å². The number of nitrogens with zero attached hydrogens (tertiary/aromatic N) is 3. The summed E-state index contributed by atoms with van der Waals surface area (Å²) in [4.78, 5) is 34.4. The number of carbonyl (C=O) groups excluding carboxylic acids is 2. The van der Waals surface area contributed by atoms with Gasteiger partial charge in [0.2, 0.25) is 0 Å². The van der Waals surface area contributed by atoms with Crippen LogP contribution in [0.5, 0.6) is 0 Å². The molecule has 0 spiro atoms. The molecule has 1 saturated heterocycles. The topological polar surface area (TPSA) is 75.2 Å². The van der Waals surface area contributed by atoms with Gasteiger partial charge in [0.1, 0.15) is 5.69 Å². The standard InChI is InChI=1S/C18H20N4O2/c1-13-3-2-4-14(11-13)18(24)22-9-5-15(6-10-22)21-17(23)16-12-19-7-8-20-16/h2-4,7-8,11-12,15H,5-6,9-10H2,1H3,(H,21,23). The summed E-state index contributed by atoms with van der Waals surface area (Å²) in [6, 6.07) is 7.68. The van der Waals surface area contributed by atoms with E-state index in [1.54, 1.807) is 0 Å². The lowest BCUT2D eigenvalue weighted by atomic mass is 10.0. The average molecular weight is 324 g/mol. The van der Waals surface area contributed by atoms with Crippen LogP contribution >= 0.6 is 0 Å². The monoisotopic (exact) mass is 324 g/mol. The van der Waals surface area contributed by atoms with Gasteiger partial charge in [-0.05, 0) is 31.9 Å². The van der Waals surface area contributed by atoms with Gasteiger partial charge in [-0.2, -0.15) is 0 Å². The van der Waals surface area contributed by atoms with Gasteiger partial charge in [-0.25, -0.2) is 4.98 Å². The number of aromatic nitrogens is 2. The zero-order valence-electron chi connectivity index (χ0n) is 13.6. The molecular weight excluding hydrogens is 304 g/mol. The first-order chi connectivity index (χ1) is 11.6. The van der Waals surface area contributed by atoms with Gasteiger partial charge < -0.3 is 10.2 Å². The van der Waals surface area contributed by atoms with Gasteiger partial charge in [0, 0.05) is 37.1 Å². The maximum absolute atomic E-state index is 12.5. The highest BCUT2D eigenvalue weighted by Gasteiger charge is 2.25. The number of hydrogen-bond donors (Lipinski definition) is 1. The van der Waals surface area contributed by atoms with Crippen molar-refractivity contribution in [3.05, 3.63) is 59.7 Å². The Hall–Kier alpha value is -2.76. The summed E-state index contributed by atoms with van der Waals surface area (Å²) in [7, 11) is 0. The molecule has 1 fully saturated rings. The average Bonchev–Trinajstić information content (AvgIpc) is 2.62. The summed E-state index contributed by atoms with van der Waals surface area (Å²) >= 11 is 0. The van der Waals surface area contributed by atoms with E-state index >= 15 is 0 Å². The Balaban J connectivity index is 1.54. The Labute approximate surface area is 140 Å². The van der Waals surface area contributed by atoms with Gasteiger partial charge in [0.15, 0.2) is 0 Å². The first-order valence-corrected chi connectivity index (χ1v) is 8.06. The Morgan fingerprint density at radius 3 is 2.67 bits per heavy atom. The van der Waals surface area contributed by atoms with E-state index in [1.165, 1.54) is 18.6 Å². The highest BCUT2D eigenvalue weighted by molar-refractivity contribution is 5.94. The van der Waals surface area contributed by atoms with Crippen LogP contribution in [0.25, 0.3) is 0 Å². The van der Waals surface area contributed by atoms with Crippen LogP contribution < -0.4 is 5.32 Å². The number of hydrogen-bond acceptors (Lipinski definition) is 4. The predicted molar refractivity (Wildman–Crippen MR) is 89.6 cm³/mol. The van der Waals surface area contributed by atoms with E-state index in [4.69, 9.17) is 0 Å². The molecule has 0 unspecified atom stereocenters. The normalized spacial score (nSPS) is 15.1. The molecule has 3 rings (SSSR count). The molecule has 2 amide bonds. The fourth-order valence-electron chi connectivity index (χ4n) is 2.86. The van der Waals surface area contributed by atoms with Crippen LogP contribution in [0.4, 0.5) is 0 Å². The van der Waals surface area contributed by atoms with Gasteiger partial charge in [-0.1, -0.05) is 17.7 Å². The number of carbonyl (C=O) groups is 2. The lowest BCUT2D eigenvalue weighted by molar-refractivity contribution is 0.0697. The van der Waals surface area contributed by atoms with E-state index in [0.29, 0.717) is 18.8 Å². The largest absolute Gasteiger partial charge is 0.348 e. The quantitative estimate of drug-likeness (QED) is 0.934. The zero-order chi connectivity index (χ0) is 16.9. The molecule has 124 valence electrons. The minimum Gasteiger partial charge on any atom is -0.348 e. The third kappa shape index (κ3) is 3.76. The van der Waals surface area contributed by atoms with Crippen LogP contribution in [0.15, 0.2) is 42.9 Å². The molecule has 2 aromatic rings. The van der Waals surface area contributed by atoms with E-state index in [2.05, 4.69) is 15.3 Å². The number of benzene rings is 1. The summed E-state index contributed by atoms with van der Waals surface area (Å²) in [5.74, 6) is -0.163. The third-order valence-corrected chi connectivity index (χ3v) is 4.18. The van der Waals surface area contributed by atoms with E-state index in [-0.39, 0.29) is 17.9 Å². The van der Waals surface area contributed by atoms with Crippen LogP contribution in [0, 0.1) is 6.92 Å². The predicted octanol–water partition coefficient (Wildman–Crippen LogP) is 1.82. The van der Waals surface area contributed by atoms with Gasteiger partial charge >= 0.3 is 0 Å². The Kier molecular flexibility index (Phi) is 4.84. The van der Waals surface area contributed by atoms with Crippen molar-refractivity contribution >= 4 is 11.8 Å². The summed E-state index contributed by atoms with van der Waals surface area (Å²) in [6.07, 6.45) is 5.96. The fraction of sp³-hybridized carbons (Fsp3) is 0.333. The summed E-state index contributed by atoms with van der Waals surface area (Å²) in [5, 5.41) is 2.96. The molecule has 0 bridgehead atoms. The number of aryl methyl sites for hydroxylation is 1. The van der Waals surface area contributed by atoms with Crippen molar-refractivity contribution in [3.8, 4) is 0 Å². The van der Waals surface area contributed by atoms with Crippen molar-refractivity contribution in [2.24, 2.45) is 0 Å². The number of amides is 2. The number of nitrogens with one attached hydrogen (secondary N) is 1. The molecule has 0 radical (unpaired) electrons. The second kappa shape index (κ2) is 7.21. The van der Waals surface area contributed by atoms with Gasteiger partial charge in [0.05, 0.1) is 6.20 Å². The lowest BCUT2D eigenvalue weighted by Gasteiger charge is -2.32. The molecule has 1 aromatic heterocycles. The van der Waals surface area contributed by atoms with Crippen LogP contribution in [0.2, 0.25) is 0 Å². The second-order valence-electron chi connectivity index (χ2n) is 6.00. The fourth-order valence-corrected chi connectivity index (χ4v) is 2.86. The molecule has 6 heteroatoms. The first kappa shape index (κ1) is 16.1. The molecule has 0 aliphatic carbocycles. The molecule has 0 saturated carbocycles. The molecule has 1 aliphatic rings. The summed E-state index contributed by atoms with van der Waals surface area (Å²) < 4.78 is 0. The summed E-state index contributed by atoms with van der Waals surface area (Å²) in [6.45, 7) is 3.25. The number of piperidine rings is 1. The minimum absolute atomic E-state index is 0.0532. The van der Waals surface area contributed by atoms with Crippen molar-refractivity contribution < 1.29 is 9.59 Å². The highest BCUT2D eigenvalue weighted by Crippen LogP contribution is 2.15. The molecule has 1 aliphatic heterocycles. The summed E-state index contributed by atoms with van der Waals surface area (Å²) in [5.41, 5.74) is 2.11. The first-order valence-electron chi connectivity index (χ1n) is 8.06. The number of rotatable bonds is 3. The molecule has 24 heavy (non-hydrogen) atoms. The molecule has 2 heterocycles. The molecule has 1 N–H and O–H groups in total. The molecular formula is C18H20N4O2. The molecule has 0 atom stereocenters. The van der Waals surface area contributed by atoms with Crippen molar-refractivity contribution in [2.45, 2.75) is 25.8 Å². The maximum atomic E-state index is 12.5. The minimum atomic E-state index is -0.216. The second-order valence-corrected chi connectivity index (χ2v) is 6.00. The van der Waals surface area contributed by atoms with E-state index in [0.717, 1.165) is 24.0 Å². The van der Waals surface area contributed by atoms with Crippen LogP contribution in [0.1, 0.15) is 39.3 Å². The highest BCUT2D eigenvalue weighted by atomic mass is 16.2. The Morgan fingerprint density at radius 1 is 1.21 bits per heavy atom. The molecule has 1 aromatic carbocycles. The van der Waals surface area contributed by atoms with Crippen molar-refractivity contribution in [1.29, 1.82) is 0 Å². The van der Waals surface area contributed by atoms with E-state index in [9.17, 15) is 9.59 Å². The Bertz CT molecular complexity index is 725. The van der Waals surface area contributed by atoms with Crippen LogP contribution in [-0.2, 0) is 0 Å². The van der Waals surface area contributed by atoms with Crippen molar-refractivity contribution in [2.75, 3.05) is 13.1 Å². The van der Waals surface area contributed by atoms with Gasteiger partial charge in [0.25, 0.3) is 11.8 Å². The number of likely N-dealkylation sites (tertiary alicyclic amines) is 1. The van der Waals surface area contributed by atoms with Crippen LogP contribution in [0.3, 0.4) is 0 Å². The maximum Gasteiger partial charge on any atom is 0.271 e. The zero-order valence-corrected chi connectivity index (χ0v) is 13.6. The van der Waals surface area contributed by atoms with Crippen molar-refractivity contribution in [1.82, 2.24) is 20.2 Å². The smallest absolute Gasteiger partial charge is 0.271 e. The lowest BCUT2D eigenvalue weighted by Crippen LogP contribution is -2.46. The SMILES string of the molecule is Cc1cccc(C(=O)N2CCC(NC(=O)c3cnccn3)CC2)c1. The Morgan fingerprint density at radius 2 is 2.00 bits per heavy atom. The molecule has 6 nitrogen and oxygen atoms in total.